The van der Waals surface area contributed by atoms with Gasteiger partial charge < -0.3 is 0 Å². The lowest BCUT2D eigenvalue weighted by Gasteiger charge is -2.17. The van der Waals surface area contributed by atoms with Crippen LogP contribution in [0.1, 0.15) is 0 Å². The Morgan fingerprint density at radius 1 is 0.316 bits per heavy atom. The lowest BCUT2D eigenvalue weighted by atomic mass is 9.86. The van der Waals surface area contributed by atoms with Gasteiger partial charge in [-0.15, -0.1) is 0 Å². The highest BCUT2D eigenvalue weighted by molar-refractivity contribution is 6.39. The van der Waals surface area contributed by atoms with Crippen molar-refractivity contribution in [1.29, 1.82) is 0 Å². The number of nitrogens with zero attached hydrogens (tertiary/aromatic N) is 2. The van der Waals surface area contributed by atoms with Crippen LogP contribution in [-0.2, 0) is 0 Å². The van der Waals surface area contributed by atoms with E-state index in [9.17, 15) is 0 Å². The number of benzene rings is 6. The molecule has 0 radical (unpaired) electrons. The zero-order valence-corrected chi connectivity index (χ0v) is 20.6. The van der Waals surface area contributed by atoms with Crippen LogP contribution in [0.3, 0.4) is 0 Å². The molecule has 8 aromatic rings. The Morgan fingerprint density at radius 2 is 0.711 bits per heavy atom. The van der Waals surface area contributed by atoms with E-state index in [4.69, 9.17) is 0 Å². The molecule has 0 atom stereocenters. The maximum absolute atomic E-state index is 4.65. The lowest BCUT2D eigenvalue weighted by Crippen LogP contribution is -1.90. The number of hydrogen-bond acceptors (Lipinski definition) is 2. The first kappa shape index (κ1) is 21.0. The third-order valence-corrected chi connectivity index (χ3v) is 7.72. The largest absolute Gasteiger partial charge is 0.256 e. The average Bonchev–Trinajstić information content (AvgIpc) is 3.01. The summed E-state index contributed by atoms with van der Waals surface area (Å²) in [5.41, 5.74) is 4.22. The van der Waals surface area contributed by atoms with E-state index < -0.39 is 0 Å². The third kappa shape index (κ3) is 3.07. The Morgan fingerprint density at radius 3 is 1.13 bits per heavy atom. The van der Waals surface area contributed by atoms with Gasteiger partial charge in [0.05, 0.1) is 11.4 Å². The molecule has 0 saturated carbocycles. The Hall–Kier alpha value is -5.08. The second kappa shape index (κ2) is 8.22. The van der Waals surface area contributed by atoms with Crippen molar-refractivity contribution in [3.05, 3.63) is 134 Å². The van der Waals surface area contributed by atoms with Crippen LogP contribution in [0, 0.1) is 0 Å². The predicted molar refractivity (Wildman–Crippen MR) is 160 cm³/mol. The fourth-order valence-corrected chi connectivity index (χ4v) is 6.06. The lowest BCUT2D eigenvalue weighted by molar-refractivity contribution is 1.33. The van der Waals surface area contributed by atoms with Gasteiger partial charge in [0.25, 0.3) is 0 Å². The second-order valence-corrected chi connectivity index (χ2v) is 9.79. The number of rotatable bonds is 2. The van der Waals surface area contributed by atoms with Gasteiger partial charge >= 0.3 is 0 Å². The molecule has 0 aliphatic carbocycles. The van der Waals surface area contributed by atoms with E-state index in [1.165, 1.54) is 53.9 Å². The molecule has 0 fully saturated rings. The Kier molecular flexibility index (Phi) is 4.55. The van der Waals surface area contributed by atoms with Crippen molar-refractivity contribution in [2.75, 3.05) is 0 Å². The van der Waals surface area contributed by atoms with Gasteiger partial charge in [-0.3, -0.25) is 9.97 Å². The number of fused-ring (bicyclic) bond motifs is 11. The van der Waals surface area contributed by atoms with Crippen LogP contribution in [0.2, 0.25) is 0 Å². The molecule has 0 unspecified atom stereocenters. The normalized spacial score (nSPS) is 11.7. The molecular weight excluding hydrogens is 460 g/mol. The van der Waals surface area contributed by atoms with E-state index in [1.807, 2.05) is 36.7 Å². The minimum atomic E-state index is 0.984. The van der Waals surface area contributed by atoms with Crippen molar-refractivity contribution in [3.63, 3.8) is 0 Å². The van der Waals surface area contributed by atoms with Crippen molar-refractivity contribution < 1.29 is 0 Å². The maximum Gasteiger partial charge on any atom is 0.0702 e. The van der Waals surface area contributed by atoms with Crippen LogP contribution in [0.15, 0.2) is 134 Å². The summed E-state index contributed by atoms with van der Waals surface area (Å²) in [4.78, 5) is 9.30. The third-order valence-electron chi connectivity index (χ3n) is 7.72. The minimum Gasteiger partial charge on any atom is -0.256 e. The maximum atomic E-state index is 4.65. The second-order valence-electron chi connectivity index (χ2n) is 9.79. The standard InChI is InChI=1S/C36H22N2/c1-3-11-29-25(9-1)27-17-15-23(33-13-5-7-19-37-33)21-31(27)36-30-12-4-2-10-26(30)28-18-16-24(22-32(28)35(29)36)34-14-6-8-20-38-34/h1-22H. The molecule has 0 N–H and O–H groups in total. The number of aromatic nitrogens is 2. The zero-order valence-electron chi connectivity index (χ0n) is 20.6. The highest BCUT2D eigenvalue weighted by Crippen LogP contribution is 2.45. The van der Waals surface area contributed by atoms with E-state index in [1.54, 1.807) is 0 Å². The molecule has 6 aromatic carbocycles. The molecule has 0 saturated heterocycles. The van der Waals surface area contributed by atoms with Gasteiger partial charge in [0, 0.05) is 23.5 Å². The zero-order chi connectivity index (χ0) is 25.1. The Labute approximate surface area is 219 Å². The molecule has 176 valence electrons. The Bertz CT molecular complexity index is 2010. The predicted octanol–water partition coefficient (Wildman–Crippen LogP) is 9.58. The summed E-state index contributed by atoms with van der Waals surface area (Å²) in [5, 5.41) is 12.7. The summed E-state index contributed by atoms with van der Waals surface area (Å²) < 4.78 is 0. The molecule has 2 heteroatoms. The van der Waals surface area contributed by atoms with Gasteiger partial charge in [-0.05, 0) is 90.3 Å². The smallest absolute Gasteiger partial charge is 0.0702 e. The molecule has 0 amide bonds. The van der Waals surface area contributed by atoms with Crippen molar-refractivity contribution in [3.8, 4) is 22.5 Å². The van der Waals surface area contributed by atoms with Gasteiger partial charge in [0.15, 0.2) is 0 Å². The highest BCUT2D eigenvalue weighted by Gasteiger charge is 2.17. The molecule has 2 aromatic heterocycles. The quantitative estimate of drug-likeness (QED) is 0.229. The first-order chi connectivity index (χ1) is 18.9. The van der Waals surface area contributed by atoms with E-state index >= 15 is 0 Å². The highest BCUT2D eigenvalue weighted by atomic mass is 14.7. The molecule has 0 aliphatic rings. The molecule has 2 heterocycles. The Balaban J connectivity index is 1.63. The van der Waals surface area contributed by atoms with Gasteiger partial charge in [0.1, 0.15) is 0 Å². The van der Waals surface area contributed by atoms with Crippen molar-refractivity contribution >= 4 is 53.9 Å². The summed E-state index contributed by atoms with van der Waals surface area (Å²) in [6.45, 7) is 0. The van der Waals surface area contributed by atoms with Crippen LogP contribution < -0.4 is 0 Å². The summed E-state index contributed by atoms with van der Waals surface area (Å²) in [7, 11) is 0. The van der Waals surface area contributed by atoms with E-state index in [-0.39, 0.29) is 0 Å². The fraction of sp³-hybridized carbons (Fsp3) is 0. The van der Waals surface area contributed by atoms with Crippen LogP contribution >= 0.6 is 0 Å². The van der Waals surface area contributed by atoms with Gasteiger partial charge in [-0.1, -0.05) is 84.9 Å². The van der Waals surface area contributed by atoms with E-state index in [0.29, 0.717) is 0 Å². The topological polar surface area (TPSA) is 25.8 Å². The number of pyridine rings is 2. The summed E-state index contributed by atoms with van der Waals surface area (Å²) in [6, 6.07) is 43.4. The number of hydrogen-bond donors (Lipinski definition) is 0. The van der Waals surface area contributed by atoms with E-state index in [0.717, 1.165) is 22.5 Å². The van der Waals surface area contributed by atoms with Crippen molar-refractivity contribution in [2.45, 2.75) is 0 Å². The summed E-state index contributed by atoms with van der Waals surface area (Å²) in [5.74, 6) is 0. The molecule has 2 nitrogen and oxygen atoms in total. The van der Waals surface area contributed by atoms with Crippen LogP contribution in [0.4, 0.5) is 0 Å². The molecule has 0 aliphatic heterocycles. The van der Waals surface area contributed by atoms with Gasteiger partial charge in [-0.2, -0.15) is 0 Å². The molecule has 8 rings (SSSR count). The first-order valence-corrected chi connectivity index (χ1v) is 12.9. The monoisotopic (exact) mass is 482 g/mol. The van der Waals surface area contributed by atoms with Crippen molar-refractivity contribution in [1.82, 2.24) is 9.97 Å². The summed E-state index contributed by atoms with van der Waals surface area (Å²) in [6.07, 6.45) is 3.72. The van der Waals surface area contributed by atoms with Crippen LogP contribution in [0.5, 0.6) is 0 Å². The molecule has 0 bridgehead atoms. The van der Waals surface area contributed by atoms with Crippen molar-refractivity contribution in [2.24, 2.45) is 0 Å². The van der Waals surface area contributed by atoms with Crippen LogP contribution in [0.25, 0.3) is 76.4 Å². The van der Waals surface area contributed by atoms with Gasteiger partial charge in [0.2, 0.25) is 0 Å². The average molecular weight is 483 g/mol. The minimum absolute atomic E-state index is 0.984. The molecule has 38 heavy (non-hydrogen) atoms. The molecule has 0 spiro atoms. The summed E-state index contributed by atoms with van der Waals surface area (Å²) >= 11 is 0. The van der Waals surface area contributed by atoms with E-state index in [2.05, 4.69) is 107 Å². The first-order valence-electron chi connectivity index (χ1n) is 12.9. The fourth-order valence-electron chi connectivity index (χ4n) is 6.06. The molecular formula is C36H22N2. The van der Waals surface area contributed by atoms with Crippen LogP contribution in [-0.4, -0.2) is 9.97 Å². The van der Waals surface area contributed by atoms with Gasteiger partial charge in [-0.25, -0.2) is 0 Å². The SMILES string of the molecule is c1ccc(-c2ccc3c4ccccc4c4c5cc(-c6ccccn6)ccc5c5ccccc5c4c3c2)nc1.